The number of aliphatic carboxylic acids is 1. The number of hydrogen-bond donors (Lipinski definition) is 1. The van der Waals surface area contributed by atoms with E-state index < -0.39 is 5.97 Å². The molecular formula is C8H10NO2. The van der Waals surface area contributed by atoms with Crippen molar-refractivity contribution in [3.63, 3.8) is 0 Å². The van der Waals surface area contributed by atoms with E-state index in [1.54, 1.807) is 12.3 Å². The number of carboxylic acid groups (broad SMARTS) is 1. The molecule has 0 saturated carbocycles. The Morgan fingerprint density at radius 2 is 2.55 bits per heavy atom. The van der Waals surface area contributed by atoms with Gasteiger partial charge in [0.2, 0.25) is 0 Å². The van der Waals surface area contributed by atoms with Gasteiger partial charge in [-0.3, -0.25) is 0 Å². The highest BCUT2D eigenvalue weighted by molar-refractivity contribution is 5.89. The van der Waals surface area contributed by atoms with Crippen LogP contribution in [0, 0.1) is 6.92 Å². The summed E-state index contributed by atoms with van der Waals surface area (Å²) in [7, 11) is 0. The number of rotatable bonds is 2. The minimum atomic E-state index is -0.889. The summed E-state index contributed by atoms with van der Waals surface area (Å²) >= 11 is 0. The summed E-state index contributed by atoms with van der Waals surface area (Å²) in [4.78, 5) is 12.3. The summed E-state index contributed by atoms with van der Waals surface area (Å²) < 4.78 is 0. The van der Waals surface area contributed by atoms with E-state index in [4.69, 9.17) is 5.11 Å². The summed E-state index contributed by atoms with van der Waals surface area (Å²) in [5.41, 5.74) is 0.319. The van der Waals surface area contributed by atoms with Crippen LogP contribution in [0.2, 0.25) is 0 Å². The molecule has 0 fully saturated rings. The molecular weight excluding hydrogens is 142 g/mol. The molecule has 3 heteroatoms. The first kappa shape index (κ1) is 7.85. The van der Waals surface area contributed by atoms with Gasteiger partial charge in [0.1, 0.15) is 0 Å². The zero-order valence-electron chi connectivity index (χ0n) is 6.16. The molecule has 3 nitrogen and oxygen atoms in total. The minimum Gasteiger partial charge on any atom is -0.478 e. The number of nitrogens with zero attached hydrogens (tertiary/aromatic N) is 1. The third-order valence-corrected chi connectivity index (χ3v) is 1.49. The van der Waals surface area contributed by atoms with Crippen LogP contribution < -0.4 is 0 Å². The van der Waals surface area contributed by atoms with Gasteiger partial charge in [-0.25, -0.2) is 4.79 Å². The van der Waals surface area contributed by atoms with Crippen LogP contribution in [0.15, 0.2) is 23.9 Å². The molecule has 1 heterocycles. The van der Waals surface area contributed by atoms with E-state index in [-0.39, 0.29) is 0 Å². The normalized spacial score (nSPS) is 16.5. The second kappa shape index (κ2) is 3.23. The van der Waals surface area contributed by atoms with Gasteiger partial charge in [0.15, 0.2) is 0 Å². The van der Waals surface area contributed by atoms with Gasteiger partial charge < -0.3 is 10.0 Å². The van der Waals surface area contributed by atoms with Gasteiger partial charge >= 0.3 is 5.97 Å². The number of hydrogen-bond acceptors (Lipinski definition) is 2. The van der Waals surface area contributed by atoms with E-state index in [9.17, 15) is 4.79 Å². The van der Waals surface area contributed by atoms with Crippen LogP contribution in [0.4, 0.5) is 0 Å². The standard InChI is InChI=1S/C8H10NO2/c1-2-9-5-3-4-7(6-9)8(10)11/h3-4,6H,1-2,5H2,(H,10,11). The lowest BCUT2D eigenvalue weighted by Crippen LogP contribution is -2.21. The summed E-state index contributed by atoms with van der Waals surface area (Å²) in [5, 5.41) is 8.58. The van der Waals surface area contributed by atoms with E-state index in [1.165, 1.54) is 0 Å². The molecule has 1 radical (unpaired) electrons. The van der Waals surface area contributed by atoms with Crippen molar-refractivity contribution in [3.05, 3.63) is 30.8 Å². The molecule has 1 aliphatic heterocycles. The van der Waals surface area contributed by atoms with Gasteiger partial charge in [0.05, 0.1) is 5.57 Å². The van der Waals surface area contributed by atoms with E-state index in [0.29, 0.717) is 12.1 Å². The number of carbonyl (C=O) groups is 1. The molecule has 0 spiro atoms. The fraction of sp³-hybridized carbons (Fsp3) is 0.250. The average molecular weight is 152 g/mol. The Morgan fingerprint density at radius 3 is 3.09 bits per heavy atom. The summed E-state index contributed by atoms with van der Waals surface area (Å²) in [5.74, 6) is -0.889. The molecule has 0 saturated heterocycles. The smallest absolute Gasteiger partial charge is 0.337 e. The van der Waals surface area contributed by atoms with Crippen molar-refractivity contribution in [1.29, 1.82) is 0 Å². The van der Waals surface area contributed by atoms with Gasteiger partial charge in [-0.2, -0.15) is 0 Å². The van der Waals surface area contributed by atoms with Gasteiger partial charge in [-0.15, -0.1) is 0 Å². The van der Waals surface area contributed by atoms with E-state index in [0.717, 1.165) is 6.54 Å². The lowest BCUT2D eigenvalue weighted by atomic mass is 10.2. The van der Waals surface area contributed by atoms with Crippen molar-refractivity contribution >= 4 is 5.97 Å². The fourth-order valence-electron chi connectivity index (χ4n) is 0.890. The van der Waals surface area contributed by atoms with Crippen molar-refractivity contribution in [1.82, 2.24) is 4.90 Å². The maximum Gasteiger partial charge on any atom is 0.337 e. The lowest BCUT2D eigenvalue weighted by Gasteiger charge is -2.19. The van der Waals surface area contributed by atoms with Crippen molar-refractivity contribution in [2.24, 2.45) is 0 Å². The Kier molecular flexibility index (Phi) is 2.31. The van der Waals surface area contributed by atoms with Gasteiger partial charge in [-0.05, 0) is 13.0 Å². The van der Waals surface area contributed by atoms with Gasteiger partial charge in [0, 0.05) is 19.3 Å². The zero-order chi connectivity index (χ0) is 8.27. The Morgan fingerprint density at radius 1 is 1.82 bits per heavy atom. The van der Waals surface area contributed by atoms with Crippen LogP contribution in [0.25, 0.3) is 0 Å². The molecule has 0 aromatic heterocycles. The molecule has 0 bridgehead atoms. The SMILES string of the molecule is [CH2]CN1C=C(C(=O)O)C=CC1. The Bertz CT molecular complexity index is 218. The third-order valence-electron chi connectivity index (χ3n) is 1.49. The lowest BCUT2D eigenvalue weighted by molar-refractivity contribution is -0.132. The second-order valence-corrected chi connectivity index (χ2v) is 2.29. The summed E-state index contributed by atoms with van der Waals surface area (Å²) in [6, 6.07) is 0. The first-order valence-electron chi connectivity index (χ1n) is 3.39. The van der Waals surface area contributed by atoms with Crippen LogP contribution in [-0.4, -0.2) is 29.1 Å². The van der Waals surface area contributed by atoms with Crippen LogP contribution >= 0.6 is 0 Å². The van der Waals surface area contributed by atoms with Crippen molar-refractivity contribution in [3.8, 4) is 0 Å². The molecule has 11 heavy (non-hydrogen) atoms. The van der Waals surface area contributed by atoms with Crippen LogP contribution in [-0.2, 0) is 4.79 Å². The zero-order valence-corrected chi connectivity index (χ0v) is 6.16. The predicted molar refractivity (Wildman–Crippen MR) is 41.8 cm³/mol. The third kappa shape index (κ3) is 1.83. The fourth-order valence-corrected chi connectivity index (χ4v) is 0.890. The molecule has 0 amide bonds. The molecule has 59 valence electrons. The first-order chi connectivity index (χ1) is 5.24. The van der Waals surface area contributed by atoms with Crippen LogP contribution in [0.3, 0.4) is 0 Å². The van der Waals surface area contributed by atoms with Crippen molar-refractivity contribution in [2.75, 3.05) is 13.1 Å². The molecule has 1 aliphatic rings. The largest absolute Gasteiger partial charge is 0.478 e. The van der Waals surface area contributed by atoms with Gasteiger partial charge in [0.25, 0.3) is 0 Å². The summed E-state index contributed by atoms with van der Waals surface area (Å²) in [6.45, 7) is 5.01. The molecule has 0 aliphatic carbocycles. The molecule has 0 unspecified atom stereocenters. The van der Waals surface area contributed by atoms with E-state index in [2.05, 4.69) is 6.92 Å². The van der Waals surface area contributed by atoms with E-state index >= 15 is 0 Å². The quantitative estimate of drug-likeness (QED) is 0.632. The topological polar surface area (TPSA) is 40.5 Å². The van der Waals surface area contributed by atoms with Crippen LogP contribution in [0.1, 0.15) is 0 Å². The highest BCUT2D eigenvalue weighted by Gasteiger charge is 2.08. The van der Waals surface area contributed by atoms with Crippen molar-refractivity contribution < 1.29 is 9.90 Å². The molecule has 1 N–H and O–H groups in total. The highest BCUT2D eigenvalue weighted by atomic mass is 16.4. The Hall–Kier alpha value is -1.25. The maximum absolute atomic E-state index is 10.4. The number of carboxylic acids is 1. The van der Waals surface area contributed by atoms with Crippen LogP contribution in [0.5, 0.6) is 0 Å². The summed E-state index contributed by atoms with van der Waals surface area (Å²) in [6.07, 6.45) is 5.03. The minimum absolute atomic E-state index is 0.319. The second-order valence-electron chi connectivity index (χ2n) is 2.29. The monoisotopic (exact) mass is 152 g/mol. The molecule has 0 atom stereocenters. The van der Waals surface area contributed by atoms with Crippen molar-refractivity contribution in [2.45, 2.75) is 0 Å². The molecule has 0 aromatic rings. The Labute approximate surface area is 65.6 Å². The van der Waals surface area contributed by atoms with E-state index in [1.807, 2.05) is 11.0 Å². The first-order valence-corrected chi connectivity index (χ1v) is 3.39. The maximum atomic E-state index is 10.4. The Balaban J connectivity index is 2.71. The average Bonchev–Trinajstić information content (AvgIpc) is 2.05. The van der Waals surface area contributed by atoms with Gasteiger partial charge in [-0.1, -0.05) is 6.08 Å². The highest BCUT2D eigenvalue weighted by Crippen LogP contribution is 2.06. The molecule has 0 aromatic carbocycles. The predicted octanol–water partition coefficient (Wildman–Crippen LogP) is 0.661. The molecule has 1 rings (SSSR count).